The number of hydrogen-bond acceptors (Lipinski definition) is 3. The average molecular weight is 295 g/mol. The maximum atomic E-state index is 13.5. The molecular formula is C15H18FNS2. The van der Waals surface area contributed by atoms with Crippen LogP contribution in [0, 0.1) is 5.82 Å². The molecule has 1 aromatic carbocycles. The molecule has 0 saturated carbocycles. The highest BCUT2D eigenvalue weighted by molar-refractivity contribution is 8.01. The zero-order valence-corrected chi connectivity index (χ0v) is 12.8. The molecule has 2 aromatic rings. The Morgan fingerprint density at radius 3 is 2.89 bits per heavy atom. The smallest absolute Gasteiger partial charge is 0.123 e. The molecule has 4 heteroatoms. The number of rotatable bonds is 6. The minimum Gasteiger partial charge on any atom is -0.310 e. The maximum absolute atomic E-state index is 13.5. The summed E-state index contributed by atoms with van der Waals surface area (Å²) in [5.74, 6) is -0.171. The van der Waals surface area contributed by atoms with Crippen molar-refractivity contribution < 1.29 is 4.39 Å². The molecule has 1 atom stereocenters. The van der Waals surface area contributed by atoms with Gasteiger partial charge in [-0.25, -0.2) is 4.39 Å². The summed E-state index contributed by atoms with van der Waals surface area (Å²) in [5.41, 5.74) is 1.03. The van der Waals surface area contributed by atoms with E-state index >= 15 is 0 Å². The first kappa shape index (κ1) is 14.6. The second-order valence-corrected chi connectivity index (χ2v) is 6.68. The monoisotopic (exact) mass is 295 g/mol. The summed E-state index contributed by atoms with van der Waals surface area (Å²) in [7, 11) is 0. The first-order valence-electron chi connectivity index (χ1n) is 6.45. The van der Waals surface area contributed by atoms with Gasteiger partial charge >= 0.3 is 0 Å². The van der Waals surface area contributed by atoms with E-state index < -0.39 is 0 Å². The fourth-order valence-corrected chi connectivity index (χ4v) is 3.78. The van der Waals surface area contributed by atoms with Gasteiger partial charge < -0.3 is 5.32 Å². The summed E-state index contributed by atoms with van der Waals surface area (Å²) in [4.78, 5) is 1.12. The normalized spacial score (nSPS) is 12.6. The Balaban J connectivity index is 2.22. The Hall–Kier alpha value is -0.840. The van der Waals surface area contributed by atoms with E-state index in [1.165, 1.54) is 10.3 Å². The van der Waals surface area contributed by atoms with E-state index in [0.717, 1.165) is 23.4 Å². The molecule has 0 saturated heterocycles. The molecule has 1 aromatic heterocycles. The fraction of sp³-hybridized carbons (Fsp3) is 0.333. The number of hydrogen-bond donors (Lipinski definition) is 1. The molecule has 19 heavy (non-hydrogen) atoms. The van der Waals surface area contributed by atoms with E-state index in [-0.39, 0.29) is 11.9 Å². The Labute approximate surface area is 122 Å². The van der Waals surface area contributed by atoms with Gasteiger partial charge in [-0.05, 0) is 55.1 Å². The van der Waals surface area contributed by atoms with Gasteiger partial charge in [0.05, 0.1) is 4.21 Å². The van der Waals surface area contributed by atoms with Crippen LogP contribution < -0.4 is 5.32 Å². The number of nitrogens with one attached hydrogen (secondary N) is 1. The van der Waals surface area contributed by atoms with Crippen LogP contribution in [-0.4, -0.2) is 6.54 Å². The topological polar surface area (TPSA) is 12.0 Å². The third kappa shape index (κ3) is 4.06. The fourth-order valence-electron chi connectivity index (χ4n) is 1.85. The van der Waals surface area contributed by atoms with Crippen LogP contribution in [0.1, 0.15) is 31.9 Å². The van der Waals surface area contributed by atoms with Crippen molar-refractivity contribution in [2.75, 3.05) is 6.54 Å². The lowest BCUT2D eigenvalue weighted by Crippen LogP contribution is -2.20. The van der Waals surface area contributed by atoms with Crippen molar-refractivity contribution in [3.63, 3.8) is 0 Å². The van der Waals surface area contributed by atoms with Crippen LogP contribution in [0.25, 0.3) is 0 Å². The highest BCUT2D eigenvalue weighted by Gasteiger charge is 2.12. The van der Waals surface area contributed by atoms with Gasteiger partial charge in [-0.3, -0.25) is 0 Å². The minimum atomic E-state index is -0.171. The molecule has 1 N–H and O–H groups in total. The lowest BCUT2D eigenvalue weighted by atomic mass is 10.1. The van der Waals surface area contributed by atoms with Crippen molar-refractivity contribution in [2.24, 2.45) is 0 Å². The molecule has 0 spiro atoms. The van der Waals surface area contributed by atoms with Crippen molar-refractivity contribution >= 4 is 23.1 Å². The van der Waals surface area contributed by atoms with Gasteiger partial charge in [0.1, 0.15) is 5.82 Å². The average Bonchev–Trinajstić information content (AvgIpc) is 2.91. The Morgan fingerprint density at radius 2 is 2.21 bits per heavy atom. The standard InChI is InChI=1S/C15H18FNS2/c1-3-8-17-11(2)13-10-12(16)6-7-14(13)19-15-5-4-9-18-15/h4-7,9-11,17H,3,8H2,1-2H3. The van der Waals surface area contributed by atoms with E-state index in [2.05, 4.69) is 30.6 Å². The van der Waals surface area contributed by atoms with Gasteiger partial charge in [0, 0.05) is 10.9 Å². The molecule has 0 aliphatic carbocycles. The summed E-state index contributed by atoms with van der Waals surface area (Å²) in [6.07, 6.45) is 1.08. The Bertz CT molecular complexity index is 511. The van der Waals surface area contributed by atoms with Crippen molar-refractivity contribution in [2.45, 2.75) is 35.4 Å². The zero-order valence-electron chi connectivity index (χ0n) is 11.2. The molecule has 2 rings (SSSR count). The van der Waals surface area contributed by atoms with Gasteiger partial charge in [-0.15, -0.1) is 11.3 Å². The third-order valence-electron chi connectivity index (χ3n) is 2.84. The maximum Gasteiger partial charge on any atom is 0.123 e. The molecule has 1 unspecified atom stereocenters. The SMILES string of the molecule is CCCNC(C)c1cc(F)ccc1Sc1cccs1. The summed E-state index contributed by atoms with van der Waals surface area (Å²) in [6, 6.07) is 9.34. The highest BCUT2D eigenvalue weighted by Crippen LogP contribution is 2.36. The largest absolute Gasteiger partial charge is 0.310 e. The van der Waals surface area contributed by atoms with Crippen LogP contribution in [0.15, 0.2) is 44.8 Å². The molecular weight excluding hydrogens is 277 g/mol. The molecule has 0 amide bonds. The van der Waals surface area contributed by atoms with Gasteiger partial charge in [0.25, 0.3) is 0 Å². The van der Waals surface area contributed by atoms with Crippen molar-refractivity contribution in [3.8, 4) is 0 Å². The van der Waals surface area contributed by atoms with Crippen molar-refractivity contribution in [3.05, 3.63) is 47.1 Å². The molecule has 0 aliphatic heterocycles. The van der Waals surface area contributed by atoms with Crippen LogP contribution in [0.5, 0.6) is 0 Å². The predicted molar refractivity (Wildman–Crippen MR) is 81.6 cm³/mol. The molecule has 0 radical (unpaired) electrons. The van der Waals surface area contributed by atoms with E-state index in [1.807, 2.05) is 12.1 Å². The second-order valence-electron chi connectivity index (χ2n) is 4.39. The number of benzene rings is 1. The van der Waals surface area contributed by atoms with Crippen molar-refractivity contribution in [1.29, 1.82) is 0 Å². The summed E-state index contributed by atoms with van der Waals surface area (Å²) < 4.78 is 14.7. The predicted octanol–water partition coefficient (Wildman–Crippen LogP) is 5.10. The lowest BCUT2D eigenvalue weighted by molar-refractivity contribution is 0.554. The van der Waals surface area contributed by atoms with Crippen LogP contribution in [0.3, 0.4) is 0 Å². The minimum absolute atomic E-state index is 0.165. The first-order chi connectivity index (χ1) is 9.20. The highest BCUT2D eigenvalue weighted by atomic mass is 32.2. The second kappa shape index (κ2) is 7.08. The van der Waals surface area contributed by atoms with Crippen LogP contribution in [0.4, 0.5) is 4.39 Å². The van der Waals surface area contributed by atoms with Gasteiger partial charge in [-0.1, -0.05) is 24.8 Å². The lowest BCUT2D eigenvalue weighted by Gasteiger charge is -2.17. The third-order valence-corrected chi connectivity index (χ3v) is 4.97. The molecule has 1 nitrogen and oxygen atoms in total. The van der Waals surface area contributed by atoms with Crippen LogP contribution in [-0.2, 0) is 0 Å². The van der Waals surface area contributed by atoms with Gasteiger partial charge in [0.15, 0.2) is 0 Å². The summed E-state index contributed by atoms with van der Waals surface area (Å²) in [6.45, 7) is 5.16. The number of thiophene rings is 1. The van der Waals surface area contributed by atoms with E-state index in [4.69, 9.17) is 0 Å². The Kier molecular flexibility index (Phi) is 5.43. The summed E-state index contributed by atoms with van der Waals surface area (Å²) >= 11 is 3.41. The molecule has 0 bridgehead atoms. The number of halogens is 1. The summed E-state index contributed by atoms with van der Waals surface area (Å²) in [5, 5.41) is 5.48. The molecule has 0 fully saturated rings. The van der Waals surface area contributed by atoms with Gasteiger partial charge in [-0.2, -0.15) is 0 Å². The van der Waals surface area contributed by atoms with Crippen molar-refractivity contribution in [1.82, 2.24) is 5.32 Å². The van der Waals surface area contributed by atoms with E-state index in [9.17, 15) is 4.39 Å². The van der Waals surface area contributed by atoms with Crippen LogP contribution >= 0.6 is 23.1 Å². The van der Waals surface area contributed by atoms with E-state index in [0.29, 0.717) is 0 Å². The Morgan fingerprint density at radius 1 is 1.37 bits per heavy atom. The molecule has 0 aliphatic rings. The molecule has 1 heterocycles. The van der Waals surface area contributed by atoms with Crippen LogP contribution in [0.2, 0.25) is 0 Å². The van der Waals surface area contributed by atoms with E-state index in [1.54, 1.807) is 29.2 Å². The quantitative estimate of drug-likeness (QED) is 0.795. The van der Waals surface area contributed by atoms with Gasteiger partial charge in [0.2, 0.25) is 0 Å². The first-order valence-corrected chi connectivity index (χ1v) is 8.14. The molecule has 102 valence electrons. The zero-order chi connectivity index (χ0) is 13.7.